The summed E-state index contributed by atoms with van der Waals surface area (Å²) >= 11 is 0. The van der Waals surface area contributed by atoms with Gasteiger partial charge in [0.25, 0.3) is 5.56 Å². The van der Waals surface area contributed by atoms with Crippen LogP contribution >= 0.6 is 0 Å². The molecule has 0 bridgehead atoms. The molecule has 8 heteroatoms. The Morgan fingerprint density at radius 1 is 1.00 bits per heavy atom. The van der Waals surface area contributed by atoms with Crippen LogP contribution in [0.4, 0.5) is 5.95 Å². The second-order valence-corrected chi connectivity index (χ2v) is 7.63. The summed E-state index contributed by atoms with van der Waals surface area (Å²) in [5.74, 6) is 0.771. The van der Waals surface area contributed by atoms with E-state index in [1.165, 1.54) is 43.1 Å². The number of rotatable bonds is 10. The minimum atomic E-state index is -0.428. The number of hydrogen-bond donors (Lipinski definition) is 1. The molecule has 28 heavy (non-hydrogen) atoms. The molecule has 0 aliphatic carbocycles. The number of anilines is 1. The lowest BCUT2D eigenvalue weighted by molar-refractivity contribution is 0.121. The van der Waals surface area contributed by atoms with Crippen LogP contribution in [0.5, 0.6) is 0 Å². The third-order valence-corrected chi connectivity index (χ3v) is 5.52. The lowest BCUT2D eigenvalue weighted by atomic mass is 10.1. The fourth-order valence-corrected chi connectivity index (χ4v) is 3.84. The molecule has 0 atom stereocenters. The maximum absolute atomic E-state index is 12.5. The average molecular weight is 392 g/mol. The zero-order chi connectivity index (χ0) is 19.9. The Kier molecular flexibility index (Phi) is 7.30. The number of nitrogens with zero attached hydrogens (tertiary/aromatic N) is 4. The van der Waals surface area contributed by atoms with Crippen LogP contribution in [0.25, 0.3) is 11.2 Å². The molecule has 0 amide bonds. The molecule has 1 N–H and O–H groups in total. The second kappa shape index (κ2) is 9.91. The first-order valence-corrected chi connectivity index (χ1v) is 10.7. The monoisotopic (exact) mass is 391 g/mol. The van der Waals surface area contributed by atoms with Gasteiger partial charge in [0.1, 0.15) is 0 Å². The first-order valence-electron chi connectivity index (χ1n) is 10.7. The van der Waals surface area contributed by atoms with Crippen molar-refractivity contribution < 1.29 is 4.74 Å². The Balaban J connectivity index is 1.76. The van der Waals surface area contributed by atoms with Crippen molar-refractivity contribution in [3.05, 3.63) is 20.8 Å². The molecule has 2 aromatic heterocycles. The van der Waals surface area contributed by atoms with E-state index in [2.05, 4.69) is 21.8 Å². The summed E-state index contributed by atoms with van der Waals surface area (Å²) in [6, 6.07) is 0. The van der Waals surface area contributed by atoms with Gasteiger partial charge in [-0.2, -0.15) is 4.98 Å². The number of fused-ring (bicyclic) bond motifs is 1. The highest BCUT2D eigenvalue weighted by atomic mass is 16.5. The normalized spacial score (nSPS) is 14.9. The standard InChI is InChI=1S/C20H33N5O3/c1-3-4-5-6-7-8-9-10-11-25-16-17(23(2)20(27)22-18(16)26)21-19(25)24-12-14-28-15-13-24/h3-15H2,1-2H3,(H,22,26,27). The Hall–Kier alpha value is -2.09. The fraction of sp³-hybridized carbons (Fsp3) is 0.750. The molecule has 1 saturated heterocycles. The first-order chi connectivity index (χ1) is 13.6. The van der Waals surface area contributed by atoms with Crippen LogP contribution in [-0.4, -0.2) is 45.4 Å². The number of ether oxygens (including phenoxy) is 1. The van der Waals surface area contributed by atoms with E-state index in [1.54, 1.807) is 7.05 Å². The van der Waals surface area contributed by atoms with Crippen LogP contribution in [0.1, 0.15) is 58.3 Å². The minimum Gasteiger partial charge on any atom is -0.378 e. The van der Waals surface area contributed by atoms with Crippen LogP contribution in [0.3, 0.4) is 0 Å². The zero-order valence-electron chi connectivity index (χ0n) is 17.2. The van der Waals surface area contributed by atoms with Gasteiger partial charge in [-0.1, -0.05) is 51.9 Å². The van der Waals surface area contributed by atoms with Crippen molar-refractivity contribution in [2.45, 2.75) is 64.8 Å². The lowest BCUT2D eigenvalue weighted by Crippen LogP contribution is -2.38. The molecule has 3 heterocycles. The quantitative estimate of drug-likeness (QED) is 0.629. The molecule has 0 radical (unpaired) electrons. The van der Waals surface area contributed by atoms with E-state index in [-0.39, 0.29) is 5.56 Å². The predicted molar refractivity (Wildman–Crippen MR) is 111 cm³/mol. The van der Waals surface area contributed by atoms with Crippen molar-refractivity contribution in [2.75, 3.05) is 31.2 Å². The van der Waals surface area contributed by atoms with E-state index in [0.717, 1.165) is 38.4 Å². The van der Waals surface area contributed by atoms with Crippen molar-refractivity contribution in [3.63, 3.8) is 0 Å². The van der Waals surface area contributed by atoms with Gasteiger partial charge in [0.05, 0.1) is 13.2 Å². The van der Waals surface area contributed by atoms with E-state index in [0.29, 0.717) is 24.4 Å². The highest BCUT2D eigenvalue weighted by Gasteiger charge is 2.22. The second-order valence-electron chi connectivity index (χ2n) is 7.63. The Bertz CT molecular complexity index is 876. The predicted octanol–water partition coefficient (Wildman–Crippen LogP) is 2.40. The van der Waals surface area contributed by atoms with E-state index in [1.807, 2.05) is 4.57 Å². The topological polar surface area (TPSA) is 85.2 Å². The van der Waals surface area contributed by atoms with Crippen LogP contribution in [0.2, 0.25) is 0 Å². The molecular formula is C20H33N5O3. The molecule has 8 nitrogen and oxygen atoms in total. The van der Waals surface area contributed by atoms with E-state index in [4.69, 9.17) is 4.74 Å². The molecule has 156 valence electrons. The molecule has 0 unspecified atom stereocenters. The summed E-state index contributed by atoms with van der Waals surface area (Å²) in [5, 5.41) is 0. The van der Waals surface area contributed by atoms with Crippen LogP contribution in [0, 0.1) is 0 Å². The number of nitrogens with one attached hydrogen (secondary N) is 1. The number of aryl methyl sites for hydroxylation is 2. The molecule has 1 aliphatic rings. The zero-order valence-corrected chi connectivity index (χ0v) is 17.2. The highest BCUT2D eigenvalue weighted by Crippen LogP contribution is 2.21. The number of aromatic amines is 1. The molecule has 3 rings (SSSR count). The third kappa shape index (κ3) is 4.66. The van der Waals surface area contributed by atoms with E-state index in [9.17, 15) is 9.59 Å². The van der Waals surface area contributed by atoms with Gasteiger partial charge in [-0.25, -0.2) is 4.79 Å². The van der Waals surface area contributed by atoms with Gasteiger partial charge in [0, 0.05) is 26.7 Å². The van der Waals surface area contributed by atoms with Gasteiger partial charge in [0.2, 0.25) is 5.95 Å². The van der Waals surface area contributed by atoms with Gasteiger partial charge in [-0.15, -0.1) is 0 Å². The van der Waals surface area contributed by atoms with Crippen molar-refractivity contribution in [3.8, 4) is 0 Å². The van der Waals surface area contributed by atoms with E-state index < -0.39 is 5.69 Å². The highest BCUT2D eigenvalue weighted by molar-refractivity contribution is 5.74. The SMILES string of the molecule is CCCCCCCCCCn1c(N2CCOCC2)nc2c1c(=O)[nH]c(=O)n2C. The molecule has 0 aromatic carbocycles. The lowest BCUT2D eigenvalue weighted by Gasteiger charge is -2.28. The number of H-pyrrole nitrogens is 1. The summed E-state index contributed by atoms with van der Waals surface area (Å²) in [6.07, 6.45) is 9.86. The molecule has 0 spiro atoms. The van der Waals surface area contributed by atoms with Gasteiger partial charge >= 0.3 is 5.69 Å². The smallest absolute Gasteiger partial charge is 0.329 e. The first kappa shape index (κ1) is 20.6. The van der Waals surface area contributed by atoms with Crippen LogP contribution in [0.15, 0.2) is 9.59 Å². The number of morpholine rings is 1. The van der Waals surface area contributed by atoms with Gasteiger partial charge in [-0.05, 0) is 6.42 Å². The Morgan fingerprint density at radius 3 is 2.32 bits per heavy atom. The van der Waals surface area contributed by atoms with Crippen LogP contribution in [-0.2, 0) is 18.3 Å². The van der Waals surface area contributed by atoms with Crippen molar-refractivity contribution >= 4 is 17.1 Å². The third-order valence-electron chi connectivity index (χ3n) is 5.52. The number of aromatic nitrogens is 4. The summed E-state index contributed by atoms with van der Waals surface area (Å²) in [4.78, 5) is 33.8. The van der Waals surface area contributed by atoms with Crippen molar-refractivity contribution in [1.82, 2.24) is 19.1 Å². The van der Waals surface area contributed by atoms with Crippen molar-refractivity contribution in [1.29, 1.82) is 0 Å². The summed E-state index contributed by atoms with van der Waals surface area (Å²) in [6.45, 7) is 5.75. The fourth-order valence-electron chi connectivity index (χ4n) is 3.84. The average Bonchev–Trinajstić information content (AvgIpc) is 3.09. The summed E-state index contributed by atoms with van der Waals surface area (Å²) in [7, 11) is 1.65. The molecule has 2 aromatic rings. The minimum absolute atomic E-state index is 0.357. The Morgan fingerprint density at radius 2 is 1.64 bits per heavy atom. The number of hydrogen-bond acceptors (Lipinski definition) is 5. The summed E-state index contributed by atoms with van der Waals surface area (Å²) in [5.41, 5.74) is 0.161. The Labute approximate surface area is 165 Å². The molecule has 1 fully saturated rings. The van der Waals surface area contributed by atoms with Gasteiger partial charge in [-0.3, -0.25) is 14.3 Å². The molecule has 1 aliphatic heterocycles. The van der Waals surface area contributed by atoms with Gasteiger partial charge in [0.15, 0.2) is 11.2 Å². The van der Waals surface area contributed by atoms with Crippen LogP contribution < -0.4 is 16.1 Å². The molecule has 0 saturated carbocycles. The summed E-state index contributed by atoms with van der Waals surface area (Å²) < 4.78 is 8.87. The number of unbranched alkanes of at least 4 members (excludes halogenated alkanes) is 7. The maximum atomic E-state index is 12.5. The van der Waals surface area contributed by atoms with Crippen molar-refractivity contribution in [2.24, 2.45) is 7.05 Å². The largest absolute Gasteiger partial charge is 0.378 e. The van der Waals surface area contributed by atoms with Gasteiger partial charge < -0.3 is 14.2 Å². The molecular weight excluding hydrogens is 358 g/mol. The maximum Gasteiger partial charge on any atom is 0.329 e. The number of imidazole rings is 1. The van der Waals surface area contributed by atoms with E-state index >= 15 is 0 Å².